The summed E-state index contributed by atoms with van der Waals surface area (Å²) in [6.07, 6.45) is 14.1. The van der Waals surface area contributed by atoms with Crippen molar-refractivity contribution in [2.75, 3.05) is 32.7 Å². The summed E-state index contributed by atoms with van der Waals surface area (Å²) >= 11 is 0. The number of hydrogen-bond donors (Lipinski definition) is 1. The maximum Gasteiger partial charge on any atom is 0.222 e. The van der Waals surface area contributed by atoms with Crippen LogP contribution < -0.4 is 5.32 Å². The van der Waals surface area contributed by atoms with E-state index >= 15 is 0 Å². The van der Waals surface area contributed by atoms with Crippen molar-refractivity contribution in [2.45, 2.75) is 82.7 Å². The van der Waals surface area contributed by atoms with Crippen molar-refractivity contribution in [1.29, 1.82) is 0 Å². The summed E-state index contributed by atoms with van der Waals surface area (Å²) in [6, 6.07) is 1.46. The summed E-state index contributed by atoms with van der Waals surface area (Å²) in [6.45, 7) is 5.81. The van der Waals surface area contributed by atoms with Crippen LogP contribution in [0.15, 0.2) is 0 Å². The van der Waals surface area contributed by atoms with Gasteiger partial charge in [-0.05, 0) is 82.8 Å². The topological polar surface area (TPSA) is 35.6 Å². The van der Waals surface area contributed by atoms with Crippen LogP contribution in [-0.2, 0) is 4.79 Å². The molecule has 2 saturated heterocycles. The smallest absolute Gasteiger partial charge is 0.222 e. The molecule has 4 rings (SSSR count). The molecule has 1 amide bonds. The summed E-state index contributed by atoms with van der Waals surface area (Å²) in [5, 5.41) is 3.83. The van der Waals surface area contributed by atoms with Crippen LogP contribution in [0.2, 0.25) is 0 Å². The van der Waals surface area contributed by atoms with Crippen molar-refractivity contribution in [3.05, 3.63) is 0 Å². The molecule has 2 aliphatic heterocycles. The van der Waals surface area contributed by atoms with Crippen LogP contribution in [0.1, 0.15) is 70.6 Å². The van der Waals surface area contributed by atoms with Gasteiger partial charge in [0, 0.05) is 31.6 Å². The molecule has 1 N–H and O–H groups in total. The van der Waals surface area contributed by atoms with Crippen LogP contribution >= 0.6 is 0 Å². The SMILES string of the molecule is O=C1CCC(NCC2CCN(C3CCCC3)CC2)CCN1CC1CC1. The Morgan fingerprint density at radius 1 is 0.840 bits per heavy atom. The second kappa shape index (κ2) is 8.39. The van der Waals surface area contributed by atoms with E-state index in [1.807, 2.05) is 0 Å². The number of hydrogen-bond acceptors (Lipinski definition) is 3. The number of amides is 1. The molecule has 0 aromatic carbocycles. The number of nitrogens with one attached hydrogen (secondary N) is 1. The van der Waals surface area contributed by atoms with Crippen LogP contribution in [0, 0.1) is 11.8 Å². The van der Waals surface area contributed by atoms with E-state index in [-0.39, 0.29) is 0 Å². The third-order valence-electron chi connectivity index (χ3n) is 7.17. The quantitative estimate of drug-likeness (QED) is 0.802. The first-order valence-electron chi connectivity index (χ1n) is 11.0. The Bertz CT molecular complexity index is 436. The Labute approximate surface area is 153 Å². The number of carbonyl (C=O) groups is 1. The molecule has 0 radical (unpaired) electrons. The fraction of sp³-hybridized carbons (Fsp3) is 0.952. The van der Waals surface area contributed by atoms with Gasteiger partial charge in [0.1, 0.15) is 0 Å². The lowest BCUT2D eigenvalue weighted by molar-refractivity contribution is -0.130. The molecule has 1 atom stereocenters. The number of likely N-dealkylation sites (tertiary alicyclic amines) is 2. The fourth-order valence-corrected chi connectivity index (χ4v) is 5.17. The predicted molar refractivity (Wildman–Crippen MR) is 101 cm³/mol. The zero-order valence-electron chi connectivity index (χ0n) is 15.9. The highest BCUT2D eigenvalue weighted by Gasteiger charge is 2.30. The highest BCUT2D eigenvalue weighted by Crippen LogP contribution is 2.31. The third-order valence-corrected chi connectivity index (χ3v) is 7.17. The van der Waals surface area contributed by atoms with Gasteiger partial charge in [0.05, 0.1) is 0 Å². The molecule has 0 aromatic rings. The van der Waals surface area contributed by atoms with Gasteiger partial charge in [-0.15, -0.1) is 0 Å². The molecule has 4 fully saturated rings. The van der Waals surface area contributed by atoms with Gasteiger partial charge >= 0.3 is 0 Å². The Balaban J connectivity index is 1.15. The van der Waals surface area contributed by atoms with Crippen molar-refractivity contribution < 1.29 is 4.79 Å². The van der Waals surface area contributed by atoms with Gasteiger partial charge in [-0.3, -0.25) is 4.79 Å². The molecule has 25 heavy (non-hydrogen) atoms. The lowest BCUT2D eigenvalue weighted by atomic mass is 9.94. The van der Waals surface area contributed by atoms with Gasteiger partial charge in [-0.1, -0.05) is 12.8 Å². The highest BCUT2D eigenvalue weighted by molar-refractivity contribution is 5.76. The molecule has 0 bridgehead atoms. The standard InChI is InChI=1S/C21H37N3O/c25-21-8-7-19(11-14-24(21)16-18-5-6-18)22-15-17-9-12-23(13-10-17)20-3-1-2-4-20/h17-20,22H,1-16H2. The Morgan fingerprint density at radius 2 is 1.60 bits per heavy atom. The first-order valence-corrected chi connectivity index (χ1v) is 11.0. The van der Waals surface area contributed by atoms with E-state index in [0.717, 1.165) is 50.2 Å². The van der Waals surface area contributed by atoms with E-state index in [9.17, 15) is 4.79 Å². The lowest BCUT2D eigenvalue weighted by Crippen LogP contribution is -2.43. The van der Waals surface area contributed by atoms with Crippen LogP contribution in [0.5, 0.6) is 0 Å². The van der Waals surface area contributed by atoms with Crippen molar-refractivity contribution in [3.8, 4) is 0 Å². The van der Waals surface area contributed by atoms with Crippen LogP contribution in [0.4, 0.5) is 0 Å². The van der Waals surface area contributed by atoms with Gasteiger partial charge in [0.2, 0.25) is 5.91 Å². The molecule has 4 nitrogen and oxygen atoms in total. The van der Waals surface area contributed by atoms with Crippen molar-refractivity contribution >= 4 is 5.91 Å². The van der Waals surface area contributed by atoms with Gasteiger partial charge < -0.3 is 15.1 Å². The van der Waals surface area contributed by atoms with Gasteiger partial charge in [-0.2, -0.15) is 0 Å². The van der Waals surface area contributed by atoms with Gasteiger partial charge in [0.25, 0.3) is 0 Å². The fourth-order valence-electron chi connectivity index (χ4n) is 5.17. The van der Waals surface area contributed by atoms with Gasteiger partial charge in [0.15, 0.2) is 0 Å². The third kappa shape index (κ3) is 4.97. The summed E-state index contributed by atoms with van der Waals surface area (Å²) < 4.78 is 0. The van der Waals surface area contributed by atoms with E-state index in [1.54, 1.807) is 0 Å². The molecular weight excluding hydrogens is 310 g/mol. The highest BCUT2D eigenvalue weighted by atomic mass is 16.2. The minimum atomic E-state index is 0.404. The summed E-state index contributed by atoms with van der Waals surface area (Å²) in [5.74, 6) is 2.07. The van der Waals surface area contributed by atoms with E-state index in [4.69, 9.17) is 0 Å². The number of rotatable bonds is 6. The molecule has 4 aliphatic rings. The van der Waals surface area contributed by atoms with Crippen molar-refractivity contribution in [1.82, 2.24) is 15.1 Å². The van der Waals surface area contributed by atoms with Crippen molar-refractivity contribution in [2.24, 2.45) is 11.8 Å². The molecule has 2 heterocycles. The minimum absolute atomic E-state index is 0.404. The first-order chi connectivity index (χ1) is 12.3. The summed E-state index contributed by atoms with van der Waals surface area (Å²) in [4.78, 5) is 17.2. The molecule has 4 heteroatoms. The van der Waals surface area contributed by atoms with Gasteiger partial charge in [-0.25, -0.2) is 0 Å². The molecule has 0 spiro atoms. The first kappa shape index (κ1) is 17.8. The molecular formula is C21H37N3O. The Hall–Kier alpha value is -0.610. The second-order valence-electron chi connectivity index (χ2n) is 9.13. The van der Waals surface area contributed by atoms with Crippen molar-refractivity contribution in [3.63, 3.8) is 0 Å². The minimum Gasteiger partial charge on any atom is -0.342 e. The molecule has 0 aromatic heterocycles. The average Bonchev–Trinajstić information content (AvgIpc) is 3.33. The van der Waals surface area contributed by atoms with Crippen LogP contribution in [-0.4, -0.2) is 60.5 Å². The molecule has 2 saturated carbocycles. The number of piperidine rings is 1. The molecule has 142 valence electrons. The largest absolute Gasteiger partial charge is 0.342 e. The Morgan fingerprint density at radius 3 is 2.32 bits per heavy atom. The zero-order chi connectivity index (χ0) is 17.1. The Kier molecular flexibility index (Phi) is 5.97. The van der Waals surface area contributed by atoms with E-state index < -0.39 is 0 Å². The van der Waals surface area contributed by atoms with E-state index in [0.29, 0.717) is 11.9 Å². The molecule has 1 unspecified atom stereocenters. The van der Waals surface area contributed by atoms with Crippen LogP contribution in [0.3, 0.4) is 0 Å². The number of nitrogens with zero attached hydrogens (tertiary/aromatic N) is 2. The maximum atomic E-state index is 12.3. The summed E-state index contributed by atoms with van der Waals surface area (Å²) in [5.41, 5.74) is 0. The van der Waals surface area contributed by atoms with Crippen LogP contribution in [0.25, 0.3) is 0 Å². The average molecular weight is 348 g/mol. The summed E-state index contributed by atoms with van der Waals surface area (Å²) in [7, 11) is 0. The van der Waals surface area contributed by atoms with E-state index in [1.165, 1.54) is 71.0 Å². The molecule has 2 aliphatic carbocycles. The predicted octanol–water partition coefficient (Wildman–Crippen LogP) is 3.02. The monoisotopic (exact) mass is 347 g/mol. The second-order valence-corrected chi connectivity index (χ2v) is 9.13. The lowest BCUT2D eigenvalue weighted by Gasteiger charge is -2.36. The number of carbonyl (C=O) groups excluding carboxylic acids is 1. The zero-order valence-corrected chi connectivity index (χ0v) is 15.9. The normalized spacial score (nSPS) is 30.8. The van der Waals surface area contributed by atoms with E-state index in [2.05, 4.69) is 15.1 Å². The maximum absolute atomic E-state index is 12.3.